The topological polar surface area (TPSA) is 0 Å². The van der Waals surface area contributed by atoms with Crippen molar-refractivity contribution in [2.45, 2.75) is 64.2 Å². The van der Waals surface area contributed by atoms with Gasteiger partial charge in [0.05, 0.1) is 0 Å². The van der Waals surface area contributed by atoms with E-state index < -0.39 is 0 Å². The lowest BCUT2D eigenvalue weighted by Gasteiger charge is -2.20. The molecular weight excluding hydrogens is 248 g/mol. The van der Waals surface area contributed by atoms with Crippen LogP contribution in [0.3, 0.4) is 0 Å². The van der Waals surface area contributed by atoms with Crippen LogP contribution < -0.4 is 0 Å². The Kier molecular flexibility index (Phi) is 5.40. The zero-order chi connectivity index (χ0) is 13.2. The summed E-state index contributed by atoms with van der Waals surface area (Å²) < 4.78 is 0. The lowest BCUT2D eigenvalue weighted by atomic mass is 9.89. The Bertz CT molecular complexity index is 352. The standard InChI is InChI=1S/C15H23ClS/c1-9(2)12-7-13(10(3)4)15(17-16)14(8-12)11(5)6/h7-11H,1-6H3. The average Bonchev–Trinajstić information content (AvgIpc) is 2.26. The lowest BCUT2D eigenvalue weighted by molar-refractivity contribution is 0.773. The van der Waals surface area contributed by atoms with Crippen LogP contribution in [0.15, 0.2) is 17.0 Å². The SMILES string of the molecule is CC(C)c1cc(C(C)C)c(SCl)c(C(C)C)c1. The zero-order valence-corrected chi connectivity index (χ0v) is 13.2. The predicted molar refractivity (Wildman–Crippen MR) is 80.4 cm³/mol. The summed E-state index contributed by atoms with van der Waals surface area (Å²) in [5.41, 5.74) is 4.20. The second-order valence-electron chi connectivity index (χ2n) is 5.57. The van der Waals surface area contributed by atoms with Crippen molar-refractivity contribution in [3.05, 3.63) is 28.8 Å². The highest BCUT2D eigenvalue weighted by Crippen LogP contribution is 2.39. The van der Waals surface area contributed by atoms with Crippen molar-refractivity contribution in [1.29, 1.82) is 0 Å². The molecule has 1 aromatic carbocycles. The van der Waals surface area contributed by atoms with Crippen LogP contribution in [0, 0.1) is 0 Å². The fraction of sp³-hybridized carbons (Fsp3) is 0.600. The first-order valence-corrected chi connectivity index (χ1v) is 7.99. The molecule has 0 unspecified atom stereocenters. The minimum Gasteiger partial charge on any atom is -0.0587 e. The van der Waals surface area contributed by atoms with Crippen molar-refractivity contribution in [3.8, 4) is 0 Å². The van der Waals surface area contributed by atoms with Crippen molar-refractivity contribution in [3.63, 3.8) is 0 Å². The smallest absolute Gasteiger partial charge is 0.0302 e. The molecule has 0 radical (unpaired) electrons. The zero-order valence-electron chi connectivity index (χ0n) is 11.7. The van der Waals surface area contributed by atoms with Gasteiger partial charge in [0.25, 0.3) is 0 Å². The molecule has 0 aromatic heterocycles. The van der Waals surface area contributed by atoms with Gasteiger partial charge in [-0.3, -0.25) is 0 Å². The number of halogens is 1. The molecule has 0 aliphatic heterocycles. The summed E-state index contributed by atoms with van der Waals surface area (Å²) in [7, 11) is 7.45. The highest BCUT2D eigenvalue weighted by Gasteiger charge is 2.16. The second kappa shape index (κ2) is 6.15. The summed E-state index contributed by atoms with van der Waals surface area (Å²) in [4.78, 5) is 1.26. The molecule has 1 aromatic rings. The van der Waals surface area contributed by atoms with E-state index in [1.807, 2.05) is 0 Å². The van der Waals surface area contributed by atoms with E-state index in [0.29, 0.717) is 17.8 Å². The fourth-order valence-electron chi connectivity index (χ4n) is 1.98. The molecule has 0 N–H and O–H groups in total. The molecule has 0 amide bonds. The van der Waals surface area contributed by atoms with E-state index in [1.165, 1.54) is 32.6 Å². The van der Waals surface area contributed by atoms with Gasteiger partial charge in [0.15, 0.2) is 0 Å². The molecule has 17 heavy (non-hydrogen) atoms. The first-order chi connectivity index (χ1) is 7.88. The van der Waals surface area contributed by atoms with Gasteiger partial charge in [-0.05, 0) is 56.1 Å². The third-order valence-corrected chi connectivity index (χ3v) is 4.25. The van der Waals surface area contributed by atoms with Crippen molar-refractivity contribution in [2.24, 2.45) is 0 Å². The van der Waals surface area contributed by atoms with E-state index in [1.54, 1.807) is 0 Å². The van der Waals surface area contributed by atoms with Gasteiger partial charge in [-0.25, -0.2) is 0 Å². The third kappa shape index (κ3) is 3.42. The highest BCUT2D eigenvalue weighted by atomic mass is 35.7. The van der Waals surface area contributed by atoms with E-state index in [-0.39, 0.29) is 0 Å². The lowest BCUT2D eigenvalue weighted by Crippen LogP contribution is -2.01. The van der Waals surface area contributed by atoms with Crippen LogP contribution in [0.5, 0.6) is 0 Å². The molecule has 0 nitrogen and oxygen atoms in total. The Labute approximate surface area is 115 Å². The summed E-state index contributed by atoms with van der Waals surface area (Å²) in [5, 5.41) is 0. The van der Waals surface area contributed by atoms with Crippen LogP contribution in [0.1, 0.15) is 76.0 Å². The molecule has 0 aliphatic carbocycles. The van der Waals surface area contributed by atoms with E-state index in [2.05, 4.69) is 53.7 Å². The fourth-order valence-corrected chi connectivity index (χ4v) is 3.28. The van der Waals surface area contributed by atoms with Gasteiger partial charge in [-0.2, -0.15) is 0 Å². The summed E-state index contributed by atoms with van der Waals surface area (Å²) in [6, 6.07) is 4.65. The van der Waals surface area contributed by atoms with Crippen LogP contribution >= 0.6 is 21.7 Å². The predicted octanol–water partition coefficient (Wildman–Crippen LogP) is 6.30. The van der Waals surface area contributed by atoms with Crippen LogP contribution in [0.2, 0.25) is 0 Å². The van der Waals surface area contributed by atoms with Gasteiger partial charge >= 0.3 is 0 Å². The van der Waals surface area contributed by atoms with E-state index >= 15 is 0 Å². The number of rotatable bonds is 4. The molecule has 0 saturated heterocycles. The Morgan fingerprint density at radius 3 is 1.47 bits per heavy atom. The normalized spacial score (nSPS) is 11.9. The largest absolute Gasteiger partial charge is 0.0587 e. The minimum absolute atomic E-state index is 0.521. The molecule has 96 valence electrons. The van der Waals surface area contributed by atoms with Crippen molar-refractivity contribution >= 4 is 21.7 Å². The maximum absolute atomic E-state index is 6.07. The van der Waals surface area contributed by atoms with Gasteiger partial charge in [-0.15, -0.1) is 0 Å². The Morgan fingerprint density at radius 2 is 1.24 bits per heavy atom. The maximum Gasteiger partial charge on any atom is 0.0302 e. The van der Waals surface area contributed by atoms with Crippen LogP contribution in [-0.2, 0) is 0 Å². The molecule has 0 spiro atoms. The molecule has 0 atom stereocenters. The van der Waals surface area contributed by atoms with Gasteiger partial charge in [0.1, 0.15) is 0 Å². The molecule has 2 heteroatoms. The summed E-state index contributed by atoms with van der Waals surface area (Å²) in [5.74, 6) is 1.61. The molecule has 0 saturated carbocycles. The third-order valence-electron chi connectivity index (χ3n) is 3.16. The first kappa shape index (κ1) is 14.9. The Hall–Kier alpha value is -0.140. The van der Waals surface area contributed by atoms with E-state index in [4.69, 9.17) is 10.7 Å². The Balaban J connectivity index is 3.46. The second-order valence-corrected chi connectivity index (χ2v) is 6.60. The van der Waals surface area contributed by atoms with Crippen molar-refractivity contribution in [1.82, 2.24) is 0 Å². The maximum atomic E-state index is 6.07. The Morgan fingerprint density at radius 1 is 0.824 bits per heavy atom. The molecule has 0 fully saturated rings. The number of hydrogen-bond acceptors (Lipinski definition) is 1. The average molecular weight is 271 g/mol. The summed E-state index contributed by atoms with van der Waals surface area (Å²) in [6.07, 6.45) is 0. The van der Waals surface area contributed by atoms with Gasteiger partial charge < -0.3 is 0 Å². The first-order valence-electron chi connectivity index (χ1n) is 6.34. The molecular formula is C15H23ClS. The van der Waals surface area contributed by atoms with Crippen molar-refractivity contribution < 1.29 is 0 Å². The molecule has 0 aliphatic rings. The summed E-state index contributed by atoms with van der Waals surface area (Å²) in [6.45, 7) is 13.4. The van der Waals surface area contributed by atoms with Gasteiger partial charge in [0, 0.05) is 4.90 Å². The van der Waals surface area contributed by atoms with E-state index in [0.717, 1.165) is 0 Å². The minimum atomic E-state index is 0.521. The van der Waals surface area contributed by atoms with Crippen molar-refractivity contribution in [2.75, 3.05) is 0 Å². The number of benzene rings is 1. The van der Waals surface area contributed by atoms with Gasteiger partial charge in [0.2, 0.25) is 0 Å². The van der Waals surface area contributed by atoms with Crippen LogP contribution in [0.25, 0.3) is 0 Å². The summed E-state index contributed by atoms with van der Waals surface area (Å²) >= 11 is 0. The van der Waals surface area contributed by atoms with E-state index in [9.17, 15) is 0 Å². The molecule has 0 bridgehead atoms. The number of hydrogen-bond donors (Lipinski definition) is 0. The van der Waals surface area contributed by atoms with Crippen LogP contribution in [0.4, 0.5) is 0 Å². The monoisotopic (exact) mass is 270 g/mol. The van der Waals surface area contributed by atoms with Gasteiger partial charge in [-0.1, -0.05) is 53.7 Å². The van der Waals surface area contributed by atoms with Crippen LogP contribution in [-0.4, -0.2) is 0 Å². The molecule has 0 heterocycles. The molecule has 1 rings (SSSR count). The quantitative estimate of drug-likeness (QED) is 0.618. The highest BCUT2D eigenvalue weighted by molar-refractivity contribution is 8.21.